The number of benzene rings is 1. The first-order chi connectivity index (χ1) is 10.1. The lowest BCUT2D eigenvalue weighted by molar-refractivity contribution is 0.147. The number of H-pyrrole nitrogens is 1. The Bertz CT molecular complexity index is 605. The Morgan fingerprint density at radius 1 is 1.43 bits per heavy atom. The van der Waals surface area contributed by atoms with Crippen molar-refractivity contribution in [3.8, 4) is 0 Å². The van der Waals surface area contributed by atoms with Gasteiger partial charge in [-0.15, -0.1) is 0 Å². The SMILES string of the molecule is CCCCc1ccc2nc(NC(=O)OCC(C)C)[nH]c2c1. The minimum absolute atomic E-state index is 0.313. The molecule has 1 amide bonds. The minimum atomic E-state index is -0.478. The first-order valence-corrected chi connectivity index (χ1v) is 7.51. The monoisotopic (exact) mass is 289 g/mol. The van der Waals surface area contributed by atoms with Crippen LogP contribution in [0.3, 0.4) is 0 Å². The van der Waals surface area contributed by atoms with E-state index in [0.29, 0.717) is 18.5 Å². The Labute approximate surface area is 125 Å². The summed E-state index contributed by atoms with van der Waals surface area (Å²) in [7, 11) is 0. The Morgan fingerprint density at radius 3 is 2.95 bits per heavy atom. The number of aryl methyl sites for hydroxylation is 1. The minimum Gasteiger partial charge on any atom is -0.449 e. The van der Waals surface area contributed by atoms with Crippen LogP contribution >= 0.6 is 0 Å². The third kappa shape index (κ3) is 4.48. The molecule has 0 atom stereocenters. The van der Waals surface area contributed by atoms with Crippen molar-refractivity contribution in [2.75, 3.05) is 11.9 Å². The maximum absolute atomic E-state index is 11.6. The van der Waals surface area contributed by atoms with Crippen LogP contribution in [0.15, 0.2) is 18.2 Å². The number of anilines is 1. The predicted octanol–water partition coefficient (Wildman–Crippen LogP) is 4.11. The number of hydrogen-bond donors (Lipinski definition) is 2. The van der Waals surface area contributed by atoms with E-state index >= 15 is 0 Å². The average Bonchev–Trinajstić information content (AvgIpc) is 2.84. The second-order valence-corrected chi connectivity index (χ2v) is 5.66. The Kier molecular flexibility index (Phi) is 5.20. The summed E-state index contributed by atoms with van der Waals surface area (Å²) in [5.41, 5.74) is 3.05. The van der Waals surface area contributed by atoms with Gasteiger partial charge in [0.05, 0.1) is 17.6 Å². The van der Waals surface area contributed by atoms with Gasteiger partial charge in [-0.05, 0) is 36.5 Å². The van der Waals surface area contributed by atoms with Crippen LogP contribution in [0, 0.1) is 5.92 Å². The molecule has 0 aliphatic heterocycles. The molecule has 2 aromatic rings. The smallest absolute Gasteiger partial charge is 0.413 e. The molecule has 114 valence electrons. The highest BCUT2D eigenvalue weighted by Gasteiger charge is 2.09. The molecule has 0 unspecified atom stereocenters. The number of nitrogens with one attached hydrogen (secondary N) is 2. The van der Waals surface area contributed by atoms with Crippen LogP contribution in [0.2, 0.25) is 0 Å². The van der Waals surface area contributed by atoms with Crippen molar-refractivity contribution < 1.29 is 9.53 Å². The quantitative estimate of drug-likeness (QED) is 0.841. The van der Waals surface area contributed by atoms with Crippen molar-refractivity contribution >= 4 is 23.1 Å². The fraction of sp³-hybridized carbons (Fsp3) is 0.500. The summed E-state index contributed by atoms with van der Waals surface area (Å²) in [6.45, 7) is 6.56. The van der Waals surface area contributed by atoms with Crippen molar-refractivity contribution in [1.29, 1.82) is 0 Å². The molecule has 1 aromatic carbocycles. The van der Waals surface area contributed by atoms with Gasteiger partial charge in [0, 0.05) is 0 Å². The molecule has 0 aliphatic rings. The second-order valence-electron chi connectivity index (χ2n) is 5.66. The molecular formula is C16H23N3O2. The van der Waals surface area contributed by atoms with Crippen molar-refractivity contribution in [3.63, 3.8) is 0 Å². The van der Waals surface area contributed by atoms with E-state index in [1.165, 1.54) is 18.4 Å². The number of nitrogens with zero attached hydrogens (tertiary/aromatic N) is 1. The Morgan fingerprint density at radius 2 is 2.24 bits per heavy atom. The van der Waals surface area contributed by atoms with Gasteiger partial charge in [-0.1, -0.05) is 33.3 Å². The molecule has 0 aliphatic carbocycles. The zero-order valence-corrected chi connectivity index (χ0v) is 12.9. The van der Waals surface area contributed by atoms with Crippen LogP contribution in [-0.2, 0) is 11.2 Å². The number of aromatic nitrogens is 2. The molecule has 2 rings (SSSR count). The van der Waals surface area contributed by atoms with Crippen molar-refractivity contribution in [2.24, 2.45) is 5.92 Å². The second kappa shape index (κ2) is 7.11. The first-order valence-electron chi connectivity index (χ1n) is 7.51. The van der Waals surface area contributed by atoms with E-state index in [0.717, 1.165) is 17.5 Å². The zero-order chi connectivity index (χ0) is 15.2. The third-order valence-corrected chi connectivity index (χ3v) is 3.13. The lowest BCUT2D eigenvalue weighted by Crippen LogP contribution is -2.17. The average molecular weight is 289 g/mol. The van der Waals surface area contributed by atoms with Crippen LogP contribution in [0.1, 0.15) is 39.2 Å². The number of unbranched alkanes of at least 4 members (excludes halogenated alkanes) is 1. The number of fused-ring (bicyclic) bond motifs is 1. The van der Waals surface area contributed by atoms with E-state index in [-0.39, 0.29) is 0 Å². The summed E-state index contributed by atoms with van der Waals surface area (Å²) in [5, 5.41) is 2.62. The fourth-order valence-corrected chi connectivity index (χ4v) is 2.03. The first kappa shape index (κ1) is 15.4. The molecule has 1 aromatic heterocycles. The normalized spacial score (nSPS) is 11.0. The topological polar surface area (TPSA) is 67.0 Å². The van der Waals surface area contributed by atoms with Gasteiger partial charge in [0.1, 0.15) is 0 Å². The Hall–Kier alpha value is -2.04. The molecule has 0 bridgehead atoms. The molecule has 21 heavy (non-hydrogen) atoms. The van der Waals surface area contributed by atoms with Crippen molar-refractivity contribution in [1.82, 2.24) is 9.97 Å². The Balaban J connectivity index is 2.03. The third-order valence-electron chi connectivity index (χ3n) is 3.13. The van der Waals surface area contributed by atoms with E-state index in [1.807, 2.05) is 19.9 Å². The summed E-state index contributed by atoms with van der Waals surface area (Å²) in [4.78, 5) is 19.1. The highest BCUT2D eigenvalue weighted by molar-refractivity contribution is 5.86. The van der Waals surface area contributed by atoms with Gasteiger partial charge in [0.15, 0.2) is 0 Å². The van der Waals surface area contributed by atoms with E-state index in [9.17, 15) is 4.79 Å². The van der Waals surface area contributed by atoms with E-state index in [1.54, 1.807) is 0 Å². The molecule has 0 radical (unpaired) electrons. The highest BCUT2D eigenvalue weighted by Crippen LogP contribution is 2.17. The van der Waals surface area contributed by atoms with E-state index in [2.05, 4.69) is 34.3 Å². The van der Waals surface area contributed by atoms with Gasteiger partial charge in [-0.25, -0.2) is 9.78 Å². The lowest BCUT2D eigenvalue weighted by atomic mass is 10.1. The van der Waals surface area contributed by atoms with E-state index < -0.39 is 6.09 Å². The molecule has 0 saturated carbocycles. The summed E-state index contributed by atoms with van der Waals surface area (Å²) in [5.74, 6) is 0.735. The number of imidazole rings is 1. The van der Waals surface area contributed by atoms with Gasteiger partial charge in [0.2, 0.25) is 5.95 Å². The summed E-state index contributed by atoms with van der Waals surface area (Å²) >= 11 is 0. The maximum atomic E-state index is 11.6. The largest absolute Gasteiger partial charge is 0.449 e. The van der Waals surface area contributed by atoms with Crippen LogP contribution in [0.5, 0.6) is 0 Å². The maximum Gasteiger partial charge on any atom is 0.413 e. The zero-order valence-electron chi connectivity index (χ0n) is 12.9. The van der Waals surface area contributed by atoms with Crippen LogP contribution in [0.25, 0.3) is 11.0 Å². The van der Waals surface area contributed by atoms with Crippen molar-refractivity contribution in [3.05, 3.63) is 23.8 Å². The number of carbonyl (C=O) groups is 1. The number of carbonyl (C=O) groups excluding carboxylic acids is 1. The molecular weight excluding hydrogens is 266 g/mol. The van der Waals surface area contributed by atoms with Crippen LogP contribution in [0.4, 0.5) is 10.7 Å². The van der Waals surface area contributed by atoms with Crippen molar-refractivity contribution in [2.45, 2.75) is 40.0 Å². The van der Waals surface area contributed by atoms with Gasteiger partial charge in [-0.3, -0.25) is 5.32 Å². The summed E-state index contributed by atoms with van der Waals surface area (Å²) in [6.07, 6.45) is 2.93. The number of aromatic amines is 1. The standard InChI is InChI=1S/C16H23N3O2/c1-4-5-6-12-7-8-13-14(9-12)18-15(17-13)19-16(20)21-10-11(2)3/h7-9,11H,4-6,10H2,1-3H3,(H2,17,18,19,20). The molecule has 0 saturated heterocycles. The number of ether oxygens (including phenoxy) is 1. The summed E-state index contributed by atoms with van der Waals surface area (Å²) < 4.78 is 5.07. The summed E-state index contributed by atoms with van der Waals surface area (Å²) in [6, 6.07) is 6.14. The molecule has 5 nitrogen and oxygen atoms in total. The predicted molar refractivity (Wildman–Crippen MR) is 84.5 cm³/mol. The van der Waals surface area contributed by atoms with Gasteiger partial charge < -0.3 is 9.72 Å². The van der Waals surface area contributed by atoms with Gasteiger partial charge >= 0.3 is 6.09 Å². The van der Waals surface area contributed by atoms with Gasteiger partial charge in [0.25, 0.3) is 0 Å². The molecule has 2 N–H and O–H groups in total. The molecule has 1 heterocycles. The van der Waals surface area contributed by atoms with Crippen LogP contribution in [-0.4, -0.2) is 22.7 Å². The van der Waals surface area contributed by atoms with Crippen LogP contribution < -0.4 is 5.32 Å². The highest BCUT2D eigenvalue weighted by atomic mass is 16.5. The number of rotatable bonds is 6. The molecule has 0 spiro atoms. The van der Waals surface area contributed by atoms with Gasteiger partial charge in [-0.2, -0.15) is 0 Å². The molecule has 5 heteroatoms. The number of hydrogen-bond acceptors (Lipinski definition) is 3. The van der Waals surface area contributed by atoms with E-state index in [4.69, 9.17) is 4.74 Å². The number of amides is 1. The molecule has 0 fully saturated rings. The fourth-order valence-electron chi connectivity index (χ4n) is 2.03. The lowest BCUT2D eigenvalue weighted by Gasteiger charge is -2.06.